The first-order valence-electron chi connectivity index (χ1n) is 6.23. The highest BCUT2D eigenvalue weighted by atomic mass is 32.1. The van der Waals surface area contributed by atoms with Gasteiger partial charge in [-0.25, -0.2) is 0 Å². The average Bonchev–Trinajstić information content (AvgIpc) is 2.83. The van der Waals surface area contributed by atoms with Gasteiger partial charge in [0.1, 0.15) is 0 Å². The van der Waals surface area contributed by atoms with Gasteiger partial charge in [0.2, 0.25) is 0 Å². The fourth-order valence-electron chi connectivity index (χ4n) is 1.82. The molecule has 0 bridgehead atoms. The van der Waals surface area contributed by atoms with Gasteiger partial charge in [-0.2, -0.15) is 5.10 Å². The fraction of sp³-hybridized carbons (Fsp3) is 0.286. The fourth-order valence-corrected chi connectivity index (χ4v) is 2.07. The van der Waals surface area contributed by atoms with Crippen LogP contribution in [0.3, 0.4) is 0 Å². The van der Waals surface area contributed by atoms with E-state index in [0.717, 1.165) is 5.69 Å². The minimum atomic E-state index is 0.188. The van der Waals surface area contributed by atoms with Crippen LogP contribution in [0, 0.1) is 0 Å². The zero-order valence-corrected chi connectivity index (χ0v) is 11.9. The highest BCUT2D eigenvalue weighted by Gasteiger charge is 2.06. The molecule has 0 aliphatic heterocycles. The van der Waals surface area contributed by atoms with E-state index in [9.17, 15) is 0 Å². The molecule has 1 aromatic carbocycles. The van der Waals surface area contributed by atoms with Gasteiger partial charge in [0, 0.05) is 13.2 Å². The van der Waals surface area contributed by atoms with Crippen molar-refractivity contribution in [3.63, 3.8) is 0 Å². The second kappa shape index (κ2) is 6.33. The van der Waals surface area contributed by atoms with Gasteiger partial charge in [-0.15, -0.1) is 0 Å². The van der Waals surface area contributed by atoms with Crippen LogP contribution in [-0.2, 0) is 13.6 Å². The zero-order chi connectivity index (χ0) is 13.7. The molecular formula is C14H18N4S. The minimum Gasteiger partial charge on any atom is -0.357 e. The second-order valence-electron chi connectivity index (χ2n) is 4.41. The lowest BCUT2D eigenvalue weighted by Crippen LogP contribution is -2.36. The van der Waals surface area contributed by atoms with Gasteiger partial charge in [-0.05, 0) is 30.8 Å². The van der Waals surface area contributed by atoms with E-state index in [4.69, 9.17) is 12.2 Å². The molecule has 0 radical (unpaired) electrons. The van der Waals surface area contributed by atoms with Crippen LogP contribution >= 0.6 is 12.2 Å². The molecule has 0 fully saturated rings. The van der Waals surface area contributed by atoms with E-state index < -0.39 is 0 Å². The van der Waals surface area contributed by atoms with Gasteiger partial charge in [0.25, 0.3) is 0 Å². The number of nitrogens with zero attached hydrogens (tertiary/aromatic N) is 2. The summed E-state index contributed by atoms with van der Waals surface area (Å²) in [6.45, 7) is 2.76. The number of hydrogen-bond acceptors (Lipinski definition) is 2. The van der Waals surface area contributed by atoms with Crippen LogP contribution in [0.25, 0.3) is 0 Å². The molecule has 0 aliphatic carbocycles. The van der Waals surface area contributed by atoms with Crippen molar-refractivity contribution < 1.29 is 0 Å². The molecule has 1 atom stereocenters. The molecule has 100 valence electrons. The lowest BCUT2D eigenvalue weighted by atomic mass is 10.1. The number of benzene rings is 1. The van der Waals surface area contributed by atoms with Gasteiger partial charge in [0.15, 0.2) is 5.11 Å². The molecular weight excluding hydrogens is 256 g/mol. The minimum absolute atomic E-state index is 0.188. The summed E-state index contributed by atoms with van der Waals surface area (Å²) < 4.78 is 1.83. The maximum Gasteiger partial charge on any atom is 0.167 e. The molecule has 2 N–H and O–H groups in total. The number of hydrogen-bond donors (Lipinski definition) is 2. The van der Waals surface area contributed by atoms with E-state index in [-0.39, 0.29) is 6.04 Å². The van der Waals surface area contributed by atoms with E-state index in [2.05, 4.69) is 34.8 Å². The number of nitrogens with one attached hydrogen (secondary N) is 2. The third-order valence-corrected chi connectivity index (χ3v) is 3.26. The first-order valence-corrected chi connectivity index (χ1v) is 6.64. The second-order valence-corrected chi connectivity index (χ2v) is 4.81. The molecule has 1 heterocycles. The molecule has 0 spiro atoms. The van der Waals surface area contributed by atoms with Crippen molar-refractivity contribution in [2.45, 2.75) is 19.5 Å². The van der Waals surface area contributed by atoms with Gasteiger partial charge < -0.3 is 10.6 Å². The Kier molecular flexibility index (Phi) is 4.52. The summed E-state index contributed by atoms with van der Waals surface area (Å²) in [5.74, 6) is 0. The highest BCUT2D eigenvalue weighted by molar-refractivity contribution is 7.80. The highest BCUT2D eigenvalue weighted by Crippen LogP contribution is 2.10. The summed E-state index contributed by atoms with van der Waals surface area (Å²) in [6, 6.07) is 12.4. The standard InChI is InChI=1S/C14H18N4S/c1-11(12-6-4-3-5-7-12)17-14(19)15-10-13-8-9-16-18(13)2/h3-9,11H,10H2,1-2H3,(H2,15,17,19). The predicted molar refractivity (Wildman–Crippen MR) is 80.6 cm³/mol. The third kappa shape index (κ3) is 3.79. The van der Waals surface area contributed by atoms with E-state index in [1.54, 1.807) is 6.20 Å². The Morgan fingerprint density at radius 2 is 2.05 bits per heavy atom. The Balaban J connectivity index is 1.83. The van der Waals surface area contributed by atoms with Crippen molar-refractivity contribution in [3.05, 3.63) is 53.9 Å². The van der Waals surface area contributed by atoms with E-state index in [1.165, 1.54) is 5.56 Å². The molecule has 0 aliphatic rings. The maximum absolute atomic E-state index is 5.29. The van der Waals surface area contributed by atoms with Crippen LogP contribution in [0.2, 0.25) is 0 Å². The SMILES string of the molecule is CC(NC(=S)NCc1ccnn1C)c1ccccc1. The van der Waals surface area contributed by atoms with Crippen molar-refractivity contribution >= 4 is 17.3 Å². The monoisotopic (exact) mass is 274 g/mol. The number of rotatable bonds is 4. The lowest BCUT2D eigenvalue weighted by Gasteiger charge is -2.17. The van der Waals surface area contributed by atoms with Crippen LogP contribution in [0.1, 0.15) is 24.2 Å². The smallest absolute Gasteiger partial charge is 0.167 e. The summed E-state index contributed by atoms with van der Waals surface area (Å²) in [4.78, 5) is 0. The predicted octanol–water partition coefficient (Wildman–Crippen LogP) is 2.15. The first kappa shape index (κ1) is 13.5. The summed E-state index contributed by atoms with van der Waals surface area (Å²) in [6.07, 6.45) is 1.78. The van der Waals surface area contributed by atoms with Crippen LogP contribution in [-0.4, -0.2) is 14.9 Å². The average molecular weight is 274 g/mol. The van der Waals surface area contributed by atoms with Crippen molar-refractivity contribution in [2.75, 3.05) is 0 Å². The van der Waals surface area contributed by atoms with Crippen molar-refractivity contribution in [3.8, 4) is 0 Å². The molecule has 0 saturated carbocycles. The van der Waals surface area contributed by atoms with Crippen molar-refractivity contribution in [1.82, 2.24) is 20.4 Å². The summed E-state index contributed by atoms with van der Waals surface area (Å²) in [5.41, 5.74) is 2.31. The normalized spacial score (nSPS) is 11.9. The molecule has 5 heteroatoms. The Bertz CT molecular complexity index is 535. The Hall–Kier alpha value is -1.88. The zero-order valence-electron chi connectivity index (χ0n) is 11.1. The molecule has 2 aromatic rings. The molecule has 2 rings (SSSR count). The number of aromatic nitrogens is 2. The van der Waals surface area contributed by atoms with Crippen molar-refractivity contribution in [1.29, 1.82) is 0 Å². The molecule has 19 heavy (non-hydrogen) atoms. The topological polar surface area (TPSA) is 41.9 Å². The van der Waals surface area contributed by atoms with Gasteiger partial charge in [-0.3, -0.25) is 4.68 Å². The van der Waals surface area contributed by atoms with Crippen molar-refractivity contribution in [2.24, 2.45) is 7.05 Å². The Morgan fingerprint density at radius 3 is 2.68 bits per heavy atom. The molecule has 0 saturated heterocycles. The maximum atomic E-state index is 5.29. The van der Waals surface area contributed by atoms with E-state index in [1.807, 2.05) is 36.0 Å². The van der Waals surface area contributed by atoms with Gasteiger partial charge in [0.05, 0.1) is 18.3 Å². The molecule has 1 aromatic heterocycles. The summed E-state index contributed by atoms with van der Waals surface area (Å²) in [7, 11) is 1.92. The number of aryl methyl sites for hydroxylation is 1. The van der Waals surface area contributed by atoms with E-state index >= 15 is 0 Å². The van der Waals surface area contributed by atoms with Crippen LogP contribution in [0.4, 0.5) is 0 Å². The van der Waals surface area contributed by atoms with Gasteiger partial charge >= 0.3 is 0 Å². The number of thiocarbonyl (C=S) groups is 1. The van der Waals surface area contributed by atoms with E-state index in [0.29, 0.717) is 11.7 Å². The van der Waals surface area contributed by atoms with Crippen LogP contribution in [0.15, 0.2) is 42.6 Å². The molecule has 1 unspecified atom stereocenters. The van der Waals surface area contributed by atoms with Crippen LogP contribution < -0.4 is 10.6 Å². The lowest BCUT2D eigenvalue weighted by molar-refractivity contribution is 0.668. The third-order valence-electron chi connectivity index (χ3n) is 3.00. The summed E-state index contributed by atoms with van der Waals surface area (Å²) >= 11 is 5.29. The Labute approximate surface area is 118 Å². The quantitative estimate of drug-likeness (QED) is 0.838. The van der Waals surface area contributed by atoms with Crippen LogP contribution in [0.5, 0.6) is 0 Å². The Morgan fingerprint density at radius 1 is 1.32 bits per heavy atom. The summed E-state index contributed by atoms with van der Waals surface area (Å²) in [5, 5.41) is 11.2. The van der Waals surface area contributed by atoms with Gasteiger partial charge in [-0.1, -0.05) is 30.3 Å². The first-order chi connectivity index (χ1) is 9.16. The molecule has 4 nitrogen and oxygen atoms in total. The molecule has 0 amide bonds. The largest absolute Gasteiger partial charge is 0.357 e.